The van der Waals surface area contributed by atoms with Crippen molar-refractivity contribution in [2.75, 3.05) is 23.8 Å². The highest BCUT2D eigenvalue weighted by Crippen LogP contribution is 2.29. The van der Waals surface area contributed by atoms with Gasteiger partial charge in [-0.15, -0.1) is 0 Å². The number of hydrogen-bond donors (Lipinski definition) is 3. The summed E-state index contributed by atoms with van der Waals surface area (Å²) in [5.74, 6) is -2.24. The summed E-state index contributed by atoms with van der Waals surface area (Å²) in [5.41, 5.74) is 6.37. The molecule has 0 radical (unpaired) electrons. The summed E-state index contributed by atoms with van der Waals surface area (Å²) in [6.07, 6.45) is 1.81. The van der Waals surface area contributed by atoms with E-state index < -0.39 is 23.4 Å². The Bertz CT molecular complexity index is 1290. The fraction of sp³-hybridized carbons (Fsp3) is 0.481. The molecule has 0 bridgehead atoms. The Hall–Kier alpha value is -3.73. The van der Waals surface area contributed by atoms with Crippen LogP contribution in [0, 0.1) is 11.7 Å². The van der Waals surface area contributed by atoms with E-state index in [1.807, 2.05) is 43.7 Å². The Labute approximate surface area is 222 Å². The van der Waals surface area contributed by atoms with Gasteiger partial charge in [0.25, 0.3) is 5.91 Å². The largest absolute Gasteiger partial charge is 0.460 e. The lowest BCUT2D eigenvalue weighted by molar-refractivity contribution is -0.156. The number of fused-ring (bicyclic) bond motifs is 1. The van der Waals surface area contributed by atoms with E-state index in [2.05, 4.69) is 20.7 Å². The first kappa shape index (κ1) is 28.8. The van der Waals surface area contributed by atoms with Gasteiger partial charge >= 0.3 is 5.97 Å². The molecule has 4 N–H and O–H groups in total. The van der Waals surface area contributed by atoms with Crippen LogP contribution in [0.3, 0.4) is 0 Å². The molecule has 0 spiro atoms. The number of aromatic nitrogens is 3. The monoisotopic (exact) mass is 528 g/mol. The first-order chi connectivity index (χ1) is 17.9. The maximum absolute atomic E-state index is 15.2. The lowest BCUT2D eigenvalue weighted by Gasteiger charge is -2.27. The quantitative estimate of drug-likeness (QED) is 0.290. The van der Waals surface area contributed by atoms with E-state index in [0.717, 1.165) is 17.0 Å². The fourth-order valence-corrected chi connectivity index (χ4v) is 4.02. The Morgan fingerprint density at radius 2 is 1.95 bits per heavy atom. The predicted molar refractivity (Wildman–Crippen MR) is 145 cm³/mol. The zero-order valence-electron chi connectivity index (χ0n) is 22.8. The number of carbonyl (C=O) groups is 2. The highest BCUT2D eigenvalue weighted by Gasteiger charge is 2.26. The molecule has 1 amide bonds. The van der Waals surface area contributed by atoms with Crippen molar-refractivity contribution in [1.82, 2.24) is 14.8 Å². The molecule has 0 aliphatic carbocycles. The minimum absolute atomic E-state index is 0.0908. The number of ether oxygens (including phenoxy) is 2. The van der Waals surface area contributed by atoms with Crippen molar-refractivity contribution in [2.45, 2.75) is 66.2 Å². The SMILES string of the molecule is CCOC[C@@H](Nc1nc(Nc2cccc3c2cnn3CC)c(C(N)=O)cc1F)[C@H](C)CC(=O)OC(C)(C)C. The molecular formula is C27H37FN6O4. The topological polar surface area (TPSA) is 133 Å². The summed E-state index contributed by atoms with van der Waals surface area (Å²) >= 11 is 0. The van der Waals surface area contributed by atoms with Crippen LogP contribution in [0.1, 0.15) is 58.3 Å². The van der Waals surface area contributed by atoms with Crippen LogP contribution in [0.2, 0.25) is 0 Å². The van der Waals surface area contributed by atoms with Crippen LogP contribution in [-0.4, -0.2) is 51.5 Å². The number of amides is 1. The number of primary amides is 1. The minimum atomic E-state index is -0.828. The minimum Gasteiger partial charge on any atom is -0.460 e. The van der Waals surface area contributed by atoms with Gasteiger partial charge in [0, 0.05) is 18.5 Å². The summed E-state index contributed by atoms with van der Waals surface area (Å²) in [5, 5.41) is 11.4. The predicted octanol–water partition coefficient (Wildman–Crippen LogP) is 4.62. The van der Waals surface area contributed by atoms with E-state index >= 15 is 4.39 Å². The second kappa shape index (κ2) is 12.2. The molecule has 10 nitrogen and oxygen atoms in total. The molecule has 206 valence electrons. The van der Waals surface area contributed by atoms with Crippen molar-refractivity contribution in [3.63, 3.8) is 0 Å². The van der Waals surface area contributed by atoms with Gasteiger partial charge in [-0.2, -0.15) is 5.10 Å². The zero-order chi connectivity index (χ0) is 28.0. The lowest BCUT2D eigenvalue weighted by atomic mass is 9.98. The number of hydrogen-bond acceptors (Lipinski definition) is 8. The smallest absolute Gasteiger partial charge is 0.306 e. The molecule has 0 aliphatic rings. The summed E-state index contributed by atoms with van der Waals surface area (Å²) in [7, 11) is 0. The molecule has 1 aromatic carbocycles. The molecule has 3 aromatic rings. The van der Waals surface area contributed by atoms with Crippen LogP contribution < -0.4 is 16.4 Å². The number of esters is 1. The number of halogens is 1. The Morgan fingerprint density at radius 3 is 2.58 bits per heavy atom. The second-order valence-corrected chi connectivity index (χ2v) is 10.1. The number of nitrogens with zero attached hydrogens (tertiary/aromatic N) is 3. The molecule has 2 aromatic heterocycles. The maximum Gasteiger partial charge on any atom is 0.306 e. The van der Waals surface area contributed by atoms with Crippen molar-refractivity contribution in [3.05, 3.63) is 41.8 Å². The maximum atomic E-state index is 15.2. The Morgan fingerprint density at radius 1 is 1.21 bits per heavy atom. The van der Waals surface area contributed by atoms with Crippen molar-refractivity contribution in [1.29, 1.82) is 0 Å². The highest BCUT2D eigenvalue weighted by molar-refractivity contribution is 6.00. The number of carbonyl (C=O) groups excluding carboxylic acids is 2. The standard InChI is InChI=1S/C27H37FN6O4/c1-7-34-22-11-9-10-20(18(22)14-30-34)31-25-17(24(29)36)13-19(28)26(33-25)32-21(15-37-8-2)16(3)12-23(35)38-27(4,5)6/h9-11,13-14,16,21H,7-8,12,15H2,1-6H3,(H2,29,36)(H2,31,32,33)/t16-,21-/m1/s1. The first-order valence-corrected chi connectivity index (χ1v) is 12.7. The van der Waals surface area contributed by atoms with E-state index in [1.54, 1.807) is 27.0 Å². The van der Waals surface area contributed by atoms with Crippen molar-refractivity contribution < 1.29 is 23.5 Å². The Kier molecular flexibility index (Phi) is 9.26. The summed E-state index contributed by atoms with van der Waals surface area (Å²) in [6, 6.07) is 6.17. The van der Waals surface area contributed by atoms with Gasteiger partial charge in [0.15, 0.2) is 11.6 Å². The molecule has 2 atom stereocenters. The van der Waals surface area contributed by atoms with Gasteiger partial charge in [-0.05, 0) is 58.7 Å². The normalized spacial score (nSPS) is 13.2. The van der Waals surface area contributed by atoms with Crippen LogP contribution in [0.25, 0.3) is 10.9 Å². The third kappa shape index (κ3) is 7.18. The van der Waals surface area contributed by atoms with Gasteiger partial charge in [0.1, 0.15) is 11.4 Å². The van der Waals surface area contributed by atoms with Crippen LogP contribution >= 0.6 is 0 Å². The van der Waals surface area contributed by atoms with E-state index in [0.29, 0.717) is 18.8 Å². The molecule has 2 heterocycles. The third-order valence-corrected chi connectivity index (χ3v) is 5.90. The van der Waals surface area contributed by atoms with Gasteiger partial charge in [-0.25, -0.2) is 9.37 Å². The van der Waals surface area contributed by atoms with Gasteiger partial charge in [-0.3, -0.25) is 14.3 Å². The van der Waals surface area contributed by atoms with E-state index in [9.17, 15) is 9.59 Å². The molecule has 3 rings (SSSR count). The van der Waals surface area contributed by atoms with Crippen LogP contribution in [-0.2, 0) is 20.8 Å². The third-order valence-electron chi connectivity index (χ3n) is 5.90. The summed E-state index contributed by atoms with van der Waals surface area (Å²) in [4.78, 5) is 29.0. The van der Waals surface area contributed by atoms with Crippen LogP contribution in [0.4, 0.5) is 21.7 Å². The van der Waals surface area contributed by atoms with Crippen molar-refractivity contribution in [2.24, 2.45) is 11.7 Å². The van der Waals surface area contributed by atoms with Crippen LogP contribution in [0.15, 0.2) is 30.5 Å². The summed E-state index contributed by atoms with van der Waals surface area (Å²) < 4.78 is 28.0. The summed E-state index contributed by atoms with van der Waals surface area (Å²) in [6.45, 7) is 12.4. The fourth-order valence-electron chi connectivity index (χ4n) is 4.02. The molecule has 38 heavy (non-hydrogen) atoms. The number of rotatable bonds is 12. The van der Waals surface area contributed by atoms with Crippen molar-refractivity contribution in [3.8, 4) is 0 Å². The molecule has 0 unspecified atom stereocenters. The second-order valence-electron chi connectivity index (χ2n) is 10.1. The average molecular weight is 529 g/mol. The van der Waals surface area contributed by atoms with Gasteiger partial charge < -0.3 is 25.8 Å². The number of pyridine rings is 1. The average Bonchev–Trinajstić information content (AvgIpc) is 3.26. The van der Waals surface area contributed by atoms with Gasteiger partial charge in [-0.1, -0.05) is 13.0 Å². The lowest BCUT2D eigenvalue weighted by Crippen LogP contribution is -2.36. The highest BCUT2D eigenvalue weighted by atomic mass is 19.1. The van der Waals surface area contributed by atoms with Crippen molar-refractivity contribution >= 4 is 40.1 Å². The number of nitrogens with two attached hydrogens (primary N) is 1. The van der Waals surface area contributed by atoms with E-state index in [1.165, 1.54) is 0 Å². The van der Waals surface area contributed by atoms with Crippen LogP contribution in [0.5, 0.6) is 0 Å². The molecule has 0 aliphatic heterocycles. The number of anilines is 3. The number of aryl methyl sites for hydroxylation is 1. The molecule has 0 fully saturated rings. The van der Waals surface area contributed by atoms with Gasteiger partial charge in [0.05, 0.1) is 42.0 Å². The van der Waals surface area contributed by atoms with E-state index in [4.69, 9.17) is 15.2 Å². The first-order valence-electron chi connectivity index (χ1n) is 12.7. The number of benzene rings is 1. The molecule has 11 heteroatoms. The number of nitrogens with one attached hydrogen (secondary N) is 2. The molecular weight excluding hydrogens is 491 g/mol. The molecule has 0 saturated carbocycles. The van der Waals surface area contributed by atoms with Gasteiger partial charge in [0.2, 0.25) is 0 Å². The zero-order valence-corrected chi connectivity index (χ0v) is 22.8. The Balaban J connectivity index is 1.93. The van der Waals surface area contributed by atoms with E-state index in [-0.39, 0.29) is 42.1 Å². The molecule has 0 saturated heterocycles.